The van der Waals surface area contributed by atoms with Gasteiger partial charge in [-0.2, -0.15) is 0 Å². The third-order valence-corrected chi connectivity index (χ3v) is 2.84. The number of rotatable bonds is 9. The Balaban J connectivity index is 2.25. The van der Waals surface area contributed by atoms with Crippen LogP contribution in [0, 0.1) is 0 Å². The molecule has 1 fully saturated rings. The highest BCUT2D eigenvalue weighted by Gasteiger charge is 2.35. The number of carbonyl (C=O) groups excluding carboxylic acids is 1. The summed E-state index contributed by atoms with van der Waals surface area (Å²) in [6, 6.07) is 0. The minimum Gasteiger partial charge on any atom is -0.435 e. The fourth-order valence-electron chi connectivity index (χ4n) is 1.85. The maximum atomic E-state index is 10.4. The van der Waals surface area contributed by atoms with E-state index in [0.717, 1.165) is 12.8 Å². The Morgan fingerprint density at radius 2 is 2.29 bits per heavy atom. The van der Waals surface area contributed by atoms with Crippen molar-refractivity contribution >= 4 is 6.47 Å². The topological polar surface area (TPSA) is 65.0 Å². The Labute approximate surface area is 102 Å². The molecule has 5 nitrogen and oxygen atoms in total. The molecule has 5 heteroatoms. The maximum Gasteiger partial charge on any atom is 0.295 e. The molecule has 1 aliphatic rings. The Bertz CT molecular complexity index is 209. The van der Waals surface area contributed by atoms with E-state index in [1.165, 1.54) is 12.8 Å². The van der Waals surface area contributed by atoms with Gasteiger partial charge in [-0.3, -0.25) is 4.79 Å². The smallest absolute Gasteiger partial charge is 0.295 e. The van der Waals surface area contributed by atoms with Gasteiger partial charge in [0.2, 0.25) is 6.29 Å². The highest BCUT2D eigenvalue weighted by atomic mass is 16.7. The lowest BCUT2D eigenvalue weighted by Crippen LogP contribution is -2.38. The first kappa shape index (κ1) is 14.4. The average molecular weight is 246 g/mol. The number of unbranched alkanes of at least 4 members (excludes halogenated alkanes) is 3. The lowest BCUT2D eigenvalue weighted by Gasteiger charge is -2.23. The molecule has 100 valence electrons. The molecule has 0 aromatic carbocycles. The summed E-state index contributed by atoms with van der Waals surface area (Å²) in [5.74, 6) is 0. The van der Waals surface area contributed by atoms with Gasteiger partial charge in [-0.1, -0.05) is 26.2 Å². The second kappa shape index (κ2) is 8.44. The number of aliphatic hydroxyl groups is 1. The normalized spacial score (nSPS) is 25.8. The van der Waals surface area contributed by atoms with Gasteiger partial charge in [0.1, 0.15) is 6.10 Å². The zero-order valence-electron chi connectivity index (χ0n) is 10.3. The van der Waals surface area contributed by atoms with Crippen molar-refractivity contribution in [2.75, 3.05) is 13.2 Å². The predicted molar refractivity (Wildman–Crippen MR) is 61.4 cm³/mol. The second-order valence-corrected chi connectivity index (χ2v) is 4.22. The highest BCUT2D eigenvalue weighted by molar-refractivity contribution is 5.37. The van der Waals surface area contributed by atoms with Gasteiger partial charge in [-0.15, -0.1) is 0 Å². The second-order valence-electron chi connectivity index (χ2n) is 4.22. The van der Waals surface area contributed by atoms with Crippen molar-refractivity contribution < 1.29 is 24.1 Å². The van der Waals surface area contributed by atoms with Gasteiger partial charge in [0.05, 0.1) is 12.7 Å². The van der Waals surface area contributed by atoms with E-state index in [2.05, 4.69) is 6.92 Å². The molecule has 1 aliphatic heterocycles. The van der Waals surface area contributed by atoms with Gasteiger partial charge in [0.25, 0.3) is 6.47 Å². The number of carbonyl (C=O) groups is 1. The van der Waals surface area contributed by atoms with Crippen LogP contribution in [0.2, 0.25) is 0 Å². The summed E-state index contributed by atoms with van der Waals surface area (Å²) in [6.07, 6.45) is 2.97. The molecule has 0 aliphatic carbocycles. The molecule has 0 bridgehead atoms. The molecular weight excluding hydrogens is 224 g/mol. The fourth-order valence-corrected chi connectivity index (χ4v) is 1.85. The van der Waals surface area contributed by atoms with Crippen LogP contribution in [0.3, 0.4) is 0 Å². The standard InChI is InChI=1S/C12H22O5/c1-2-3-4-5-7-16-12(17-9-13)11-10(14)6-8-15-11/h9-12,14H,2-8H2,1H3. The minimum absolute atomic E-state index is 0.338. The summed E-state index contributed by atoms with van der Waals surface area (Å²) in [6.45, 7) is 3.47. The number of ether oxygens (including phenoxy) is 3. The fraction of sp³-hybridized carbons (Fsp3) is 0.917. The lowest BCUT2D eigenvalue weighted by molar-refractivity contribution is -0.203. The molecule has 1 heterocycles. The summed E-state index contributed by atoms with van der Waals surface area (Å²) in [7, 11) is 0. The van der Waals surface area contributed by atoms with Crippen molar-refractivity contribution in [1.29, 1.82) is 0 Å². The Morgan fingerprint density at radius 1 is 1.47 bits per heavy atom. The van der Waals surface area contributed by atoms with Crippen LogP contribution < -0.4 is 0 Å². The highest BCUT2D eigenvalue weighted by Crippen LogP contribution is 2.19. The molecule has 17 heavy (non-hydrogen) atoms. The van der Waals surface area contributed by atoms with Crippen LogP contribution in [0.5, 0.6) is 0 Å². The van der Waals surface area contributed by atoms with Crippen LogP contribution in [0.4, 0.5) is 0 Å². The monoisotopic (exact) mass is 246 g/mol. The Kier molecular flexibility index (Phi) is 7.16. The van der Waals surface area contributed by atoms with E-state index in [1.807, 2.05) is 0 Å². The number of hydrogen-bond donors (Lipinski definition) is 1. The Hall–Kier alpha value is -0.650. The average Bonchev–Trinajstić information content (AvgIpc) is 2.74. The summed E-state index contributed by atoms with van der Waals surface area (Å²) in [4.78, 5) is 10.4. The van der Waals surface area contributed by atoms with Crippen molar-refractivity contribution in [3.05, 3.63) is 0 Å². The first-order chi connectivity index (χ1) is 8.29. The van der Waals surface area contributed by atoms with Crippen LogP contribution in [-0.4, -0.2) is 43.3 Å². The van der Waals surface area contributed by atoms with Crippen LogP contribution in [-0.2, 0) is 19.0 Å². The molecule has 0 saturated carbocycles. The molecule has 0 aromatic heterocycles. The van der Waals surface area contributed by atoms with E-state index < -0.39 is 18.5 Å². The van der Waals surface area contributed by atoms with E-state index in [1.54, 1.807) is 0 Å². The van der Waals surface area contributed by atoms with Gasteiger partial charge < -0.3 is 19.3 Å². The van der Waals surface area contributed by atoms with Crippen molar-refractivity contribution in [3.63, 3.8) is 0 Å². The molecule has 3 unspecified atom stereocenters. The lowest BCUT2D eigenvalue weighted by atomic mass is 10.2. The zero-order valence-corrected chi connectivity index (χ0v) is 10.3. The molecule has 3 atom stereocenters. The van der Waals surface area contributed by atoms with Crippen molar-refractivity contribution in [2.45, 2.75) is 57.5 Å². The van der Waals surface area contributed by atoms with Crippen LogP contribution in [0.1, 0.15) is 39.0 Å². The largest absolute Gasteiger partial charge is 0.435 e. The first-order valence-corrected chi connectivity index (χ1v) is 6.30. The summed E-state index contributed by atoms with van der Waals surface area (Å²) in [5, 5.41) is 9.63. The summed E-state index contributed by atoms with van der Waals surface area (Å²) < 4.78 is 15.6. The van der Waals surface area contributed by atoms with E-state index in [9.17, 15) is 9.90 Å². The molecular formula is C12H22O5. The molecule has 1 N–H and O–H groups in total. The third-order valence-electron chi connectivity index (χ3n) is 2.84. The molecule has 0 amide bonds. The third kappa shape index (κ3) is 5.02. The number of hydrogen-bond acceptors (Lipinski definition) is 5. The minimum atomic E-state index is -0.786. The van der Waals surface area contributed by atoms with E-state index in [-0.39, 0.29) is 0 Å². The summed E-state index contributed by atoms with van der Waals surface area (Å²) >= 11 is 0. The van der Waals surface area contributed by atoms with Crippen LogP contribution in [0.25, 0.3) is 0 Å². The summed E-state index contributed by atoms with van der Waals surface area (Å²) in [5.41, 5.74) is 0. The van der Waals surface area contributed by atoms with E-state index in [0.29, 0.717) is 26.1 Å². The van der Waals surface area contributed by atoms with Crippen molar-refractivity contribution in [2.24, 2.45) is 0 Å². The van der Waals surface area contributed by atoms with Gasteiger partial charge >= 0.3 is 0 Å². The molecule has 0 spiro atoms. The molecule has 1 rings (SSSR count). The maximum absolute atomic E-state index is 10.4. The first-order valence-electron chi connectivity index (χ1n) is 6.30. The quantitative estimate of drug-likeness (QED) is 0.376. The predicted octanol–water partition coefficient (Wildman–Crippen LogP) is 1.23. The van der Waals surface area contributed by atoms with E-state index in [4.69, 9.17) is 14.2 Å². The van der Waals surface area contributed by atoms with Gasteiger partial charge in [0, 0.05) is 6.61 Å². The Morgan fingerprint density at radius 3 is 2.88 bits per heavy atom. The van der Waals surface area contributed by atoms with Crippen LogP contribution in [0.15, 0.2) is 0 Å². The van der Waals surface area contributed by atoms with Gasteiger partial charge in [-0.25, -0.2) is 0 Å². The molecule has 0 aromatic rings. The van der Waals surface area contributed by atoms with Gasteiger partial charge in [0.15, 0.2) is 0 Å². The van der Waals surface area contributed by atoms with Crippen molar-refractivity contribution in [3.8, 4) is 0 Å². The van der Waals surface area contributed by atoms with Crippen molar-refractivity contribution in [1.82, 2.24) is 0 Å². The van der Waals surface area contributed by atoms with Crippen LogP contribution >= 0.6 is 0 Å². The number of aliphatic hydroxyl groups excluding tert-OH is 1. The SMILES string of the molecule is CCCCCCOC(OC=O)C1OCCC1O. The molecule has 1 saturated heterocycles. The molecule has 0 radical (unpaired) electrons. The zero-order chi connectivity index (χ0) is 12.5. The van der Waals surface area contributed by atoms with Gasteiger partial charge in [-0.05, 0) is 12.8 Å². The van der Waals surface area contributed by atoms with E-state index >= 15 is 0 Å².